The summed E-state index contributed by atoms with van der Waals surface area (Å²) in [5.41, 5.74) is 1.38. The molecule has 0 radical (unpaired) electrons. The van der Waals surface area contributed by atoms with E-state index in [0.29, 0.717) is 6.04 Å². The van der Waals surface area contributed by atoms with Crippen LogP contribution in [0.25, 0.3) is 0 Å². The second kappa shape index (κ2) is 10.3. The predicted octanol–water partition coefficient (Wildman–Crippen LogP) is 5.49. The van der Waals surface area contributed by atoms with Gasteiger partial charge in [0.15, 0.2) is 0 Å². The fourth-order valence-corrected chi connectivity index (χ4v) is 3.30. The number of rotatable bonds is 10. The van der Waals surface area contributed by atoms with Crippen molar-refractivity contribution in [1.29, 1.82) is 0 Å². The van der Waals surface area contributed by atoms with Gasteiger partial charge in [-0.3, -0.25) is 0 Å². The van der Waals surface area contributed by atoms with E-state index in [4.69, 9.17) is 0 Å². The Morgan fingerprint density at radius 2 is 1.80 bits per heavy atom. The monoisotopic (exact) mass is 293 g/mol. The third-order valence-corrected chi connectivity index (χ3v) is 4.91. The molecule has 0 bridgehead atoms. The van der Waals surface area contributed by atoms with Gasteiger partial charge < -0.3 is 5.32 Å². The maximum absolute atomic E-state index is 3.46. The Morgan fingerprint density at radius 1 is 1.10 bits per heavy atom. The number of thioether (sulfide) groups is 1. The first-order valence-electron chi connectivity index (χ1n) is 8.10. The van der Waals surface area contributed by atoms with Gasteiger partial charge in [-0.2, -0.15) is 0 Å². The summed E-state index contributed by atoms with van der Waals surface area (Å²) in [4.78, 5) is 1.41. The van der Waals surface area contributed by atoms with Crippen molar-refractivity contribution in [3.8, 4) is 0 Å². The van der Waals surface area contributed by atoms with Gasteiger partial charge in [0.1, 0.15) is 0 Å². The van der Waals surface area contributed by atoms with Crippen LogP contribution >= 0.6 is 11.8 Å². The highest BCUT2D eigenvalue weighted by Gasteiger charge is 2.06. The Bertz CT molecular complexity index is 345. The highest BCUT2D eigenvalue weighted by molar-refractivity contribution is 7.99. The third kappa shape index (κ3) is 7.35. The highest BCUT2D eigenvalue weighted by atomic mass is 32.2. The van der Waals surface area contributed by atoms with Gasteiger partial charge in [0.2, 0.25) is 0 Å². The van der Waals surface area contributed by atoms with Gasteiger partial charge in [0.25, 0.3) is 0 Å². The topological polar surface area (TPSA) is 12.0 Å². The van der Waals surface area contributed by atoms with Crippen LogP contribution in [0.3, 0.4) is 0 Å². The summed E-state index contributed by atoms with van der Waals surface area (Å²) in [5, 5.41) is 3.46. The molecule has 114 valence electrons. The molecule has 1 N–H and O–H groups in total. The molecule has 2 heteroatoms. The highest BCUT2D eigenvalue weighted by Crippen LogP contribution is 2.25. The Hall–Kier alpha value is -0.470. The van der Waals surface area contributed by atoms with E-state index in [2.05, 4.69) is 57.3 Å². The number of hydrogen-bond acceptors (Lipinski definition) is 2. The van der Waals surface area contributed by atoms with Crippen LogP contribution in [0.1, 0.15) is 58.9 Å². The lowest BCUT2D eigenvalue weighted by Gasteiger charge is -2.14. The first kappa shape index (κ1) is 17.6. The lowest BCUT2D eigenvalue weighted by molar-refractivity contribution is 0.499. The SMILES string of the molecule is CCCCC(CC)CSc1ccc(CNC(C)C)cc1. The van der Waals surface area contributed by atoms with Gasteiger partial charge in [-0.25, -0.2) is 0 Å². The fourth-order valence-electron chi connectivity index (χ4n) is 2.14. The lowest BCUT2D eigenvalue weighted by atomic mass is 10.0. The average molecular weight is 294 g/mol. The van der Waals surface area contributed by atoms with E-state index in [1.165, 1.54) is 41.9 Å². The van der Waals surface area contributed by atoms with Crippen LogP contribution in [-0.2, 0) is 6.54 Å². The van der Waals surface area contributed by atoms with Gasteiger partial charge >= 0.3 is 0 Å². The molecule has 0 fully saturated rings. The maximum Gasteiger partial charge on any atom is 0.0207 e. The normalized spacial score (nSPS) is 12.8. The summed E-state index contributed by atoms with van der Waals surface area (Å²) in [5.74, 6) is 2.14. The van der Waals surface area contributed by atoms with E-state index in [1.807, 2.05) is 11.8 Å². The Morgan fingerprint density at radius 3 is 2.35 bits per heavy atom. The Labute approximate surface area is 129 Å². The van der Waals surface area contributed by atoms with Gasteiger partial charge in [0.05, 0.1) is 0 Å². The zero-order chi connectivity index (χ0) is 14.8. The third-order valence-electron chi connectivity index (χ3n) is 3.67. The van der Waals surface area contributed by atoms with Crippen molar-refractivity contribution in [3.05, 3.63) is 29.8 Å². The molecule has 0 amide bonds. The molecular formula is C18H31NS. The summed E-state index contributed by atoms with van der Waals surface area (Å²) in [7, 11) is 0. The molecule has 0 saturated heterocycles. The molecule has 0 aromatic heterocycles. The van der Waals surface area contributed by atoms with Crippen molar-refractivity contribution in [1.82, 2.24) is 5.32 Å². The summed E-state index contributed by atoms with van der Waals surface area (Å²) >= 11 is 2.02. The minimum Gasteiger partial charge on any atom is -0.310 e. The summed E-state index contributed by atoms with van der Waals surface area (Å²) in [6.45, 7) is 9.94. The second-order valence-corrected chi connectivity index (χ2v) is 7.00. The van der Waals surface area contributed by atoms with Crippen LogP contribution in [0, 0.1) is 5.92 Å². The van der Waals surface area contributed by atoms with E-state index in [1.54, 1.807) is 0 Å². The van der Waals surface area contributed by atoms with Crippen LogP contribution in [0.4, 0.5) is 0 Å². The first-order chi connectivity index (χ1) is 9.65. The van der Waals surface area contributed by atoms with Crippen molar-refractivity contribution >= 4 is 11.8 Å². The van der Waals surface area contributed by atoms with E-state index < -0.39 is 0 Å². The van der Waals surface area contributed by atoms with Gasteiger partial charge in [-0.05, 0) is 30.0 Å². The molecule has 1 aromatic rings. The number of unbranched alkanes of at least 4 members (excludes halogenated alkanes) is 1. The molecule has 1 aromatic carbocycles. The second-order valence-electron chi connectivity index (χ2n) is 5.91. The molecular weight excluding hydrogens is 262 g/mol. The maximum atomic E-state index is 3.46. The minimum atomic E-state index is 0.549. The molecule has 1 atom stereocenters. The van der Waals surface area contributed by atoms with Crippen LogP contribution in [0.5, 0.6) is 0 Å². The van der Waals surface area contributed by atoms with E-state index in [0.717, 1.165) is 12.5 Å². The lowest BCUT2D eigenvalue weighted by Crippen LogP contribution is -2.21. The van der Waals surface area contributed by atoms with Crippen LogP contribution < -0.4 is 5.32 Å². The summed E-state index contributed by atoms with van der Waals surface area (Å²) in [6.07, 6.45) is 5.39. The zero-order valence-corrected chi connectivity index (χ0v) is 14.4. The zero-order valence-electron chi connectivity index (χ0n) is 13.6. The molecule has 0 aliphatic carbocycles. The number of nitrogens with one attached hydrogen (secondary N) is 1. The molecule has 0 aliphatic rings. The Balaban J connectivity index is 2.36. The van der Waals surface area contributed by atoms with Crippen LogP contribution in [0.15, 0.2) is 29.2 Å². The van der Waals surface area contributed by atoms with Crippen molar-refractivity contribution < 1.29 is 0 Å². The average Bonchev–Trinajstić information content (AvgIpc) is 2.46. The van der Waals surface area contributed by atoms with Gasteiger partial charge in [-0.15, -0.1) is 11.8 Å². The molecule has 0 saturated carbocycles. The minimum absolute atomic E-state index is 0.549. The molecule has 1 unspecified atom stereocenters. The van der Waals surface area contributed by atoms with Crippen molar-refractivity contribution in [3.63, 3.8) is 0 Å². The molecule has 1 rings (SSSR count). The summed E-state index contributed by atoms with van der Waals surface area (Å²) in [6, 6.07) is 9.60. The molecule has 1 nitrogen and oxygen atoms in total. The molecule has 0 heterocycles. The number of hydrogen-bond donors (Lipinski definition) is 1. The largest absolute Gasteiger partial charge is 0.310 e. The Kier molecular flexibility index (Phi) is 9.04. The van der Waals surface area contributed by atoms with Crippen molar-refractivity contribution in [2.24, 2.45) is 5.92 Å². The molecule has 0 spiro atoms. The molecule has 0 aliphatic heterocycles. The fraction of sp³-hybridized carbons (Fsp3) is 0.667. The standard InChI is InChI=1S/C18H31NS/c1-5-7-8-16(6-2)14-20-18-11-9-17(10-12-18)13-19-15(3)4/h9-12,15-16,19H,5-8,13-14H2,1-4H3. The quantitative estimate of drug-likeness (QED) is 0.572. The van der Waals surface area contributed by atoms with Gasteiger partial charge in [0, 0.05) is 23.2 Å². The van der Waals surface area contributed by atoms with Crippen molar-refractivity contribution in [2.75, 3.05) is 5.75 Å². The van der Waals surface area contributed by atoms with E-state index >= 15 is 0 Å². The first-order valence-corrected chi connectivity index (χ1v) is 9.09. The van der Waals surface area contributed by atoms with E-state index in [9.17, 15) is 0 Å². The summed E-state index contributed by atoms with van der Waals surface area (Å²) < 4.78 is 0. The number of benzene rings is 1. The van der Waals surface area contributed by atoms with Crippen LogP contribution in [0.2, 0.25) is 0 Å². The van der Waals surface area contributed by atoms with Crippen LogP contribution in [-0.4, -0.2) is 11.8 Å². The van der Waals surface area contributed by atoms with E-state index in [-0.39, 0.29) is 0 Å². The smallest absolute Gasteiger partial charge is 0.0207 e. The predicted molar refractivity (Wildman–Crippen MR) is 92.4 cm³/mol. The van der Waals surface area contributed by atoms with Gasteiger partial charge in [-0.1, -0.05) is 59.1 Å². The molecule has 20 heavy (non-hydrogen) atoms. The van der Waals surface area contributed by atoms with Crippen molar-refractivity contribution in [2.45, 2.75) is 70.9 Å².